The van der Waals surface area contributed by atoms with Crippen molar-refractivity contribution in [2.75, 3.05) is 4.90 Å². The Morgan fingerprint density at radius 3 is 1.68 bits per heavy atom. The number of anilines is 3. The Balaban J connectivity index is 1.09. The lowest BCUT2D eigenvalue weighted by molar-refractivity contribution is 0.673. The first kappa shape index (κ1) is 35.5. The molecule has 1 heterocycles. The molecule has 11 aromatic carbocycles. The molecule has 294 valence electrons. The van der Waals surface area contributed by atoms with E-state index in [9.17, 15) is 0 Å². The number of hydrogen-bond donors (Lipinski definition) is 0. The molecule has 1 aromatic heterocycles. The molecular weight excluding hydrogens is 763 g/mol. The second-order valence-electron chi connectivity index (χ2n) is 16.7. The normalized spacial score (nSPS) is 12.9. The van der Waals surface area contributed by atoms with Crippen LogP contribution in [0.15, 0.2) is 241 Å². The van der Waals surface area contributed by atoms with E-state index in [1.165, 1.54) is 66.1 Å². The summed E-state index contributed by atoms with van der Waals surface area (Å²) in [5.41, 5.74) is 14.2. The van der Waals surface area contributed by atoms with Gasteiger partial charge in [-0.2, -0.15) is 0 Å². The van der Waals surface area contributed by atoms with Crippen molar-refractivity contribution in [3.05, 3.63) is 259 Å². The van der Waals surface area contributed by atoms with Gasteiger partial charge in [0.05, 0.1) is 16.8 Å². The summed E-state index contributed by atoms with van der Waals surface area (Å²) in [6.45, 7) is 0. The van der Waals surface area contributed by atoms with Gasteiger partial charge in [0.25, 0.3) is 0 Å². The summed E-state index contributed by atoms with van der Waals surface area (Å²) in [5, 5.41) is 9.49. The highest BCUT2D eigenvalue weighted by molar-refractivity contribution is 6.18. The van der Waals surface area contributed by atoms with Gasteiger partial charge >= 0.3 is 0 Å². The summed E-state index contributed by atoms with van der Waals surface area (Å²) >= 11 is 0. The highest BCUT2D eigenvalue weighted by Crippen LogP contribution is 2.60. The van der Waals surface area contributed by atoms with Gasteiger partial charge in [-0.15, -0.1) is 0 Å². The lowest BCUT2D eigenvalue weighted by atomic mass is 9.68. The largest absolute Gasteiger partial charge is 0.453 e. The zero-order valence-corrected chi connectivity index (χ0v) is 34.4. The van der Waals surface area contributed by atoms with E-state index in [0.29, 0.717) is 0 Å². The minimum absolute atomic E-state index is 0.540. The molecule has 12 aromatic rings. The Kier molecular flexibility index (Phi) is 7.85. The van der Waals surface area contributed by atoms with Gasteiger partial charge in [0.15, 0.2) is 5.58 Å². The second kappa shape index (κ2) is 13.9. The molecule has 1 aliphatic rings. The van der Waals surface area contributed by atoms with Crippen LogP contribution in [0, 0.1) is 0 Å². The fourth-order valence-corrected chi connectivity index (χ4v) is 10.8. The molecule has 13 rings (SSSR count). The summed E-state index contributed by atoms with van der Waals surface area (Å²) in [6.07, 6.45) is 0. The van der Waals surface area contributed by atoms with Gasteiger partial charge in [0, 0.05) is 27.4 Å². The Hall–Kier alpha value is -8.20. The van der Waals surface area contributed by atoms with Gasteiger partial charge in [0.1, 0.15) is 5.58 Å². The van der Waals surface area contributed by atoms with Gasteiger partial charge in [-0.1, -0.05) is 200 Å². The highest BCUT2D eigenvalue weighted by atomic mass is 16.3. The maximum atomic E-state index is 7.13. The minimum Gasteiger partial charge on any atom is -0.453 e. The molecule has 0 spiro atoms. The first-order valence-electron chi connectivity index (χ1n) is 21.8. The molecule has 0 saturated carbocycles. The van der Waals surface area contributed by atoms with E-state index in [2.05, 4.69) is 241 Å². The Morgan fingerprint density at radius 1 is 0.333 bits per heavy atom. The fraction of sp³-hybridized carbons (Fsp3) is 0.0164. The molecule has 0 amide bonds. The number of hydrogen-bond acceptors (Lipinski definition) is 2. The van der Waals surface area contributed by atoms with Crippen LogP contribution in [0.4, 0.5) is 17.1 Å². The van der Waals surface area contributed by atoms with Crippen molar-refractivity contribution in [2.45, 2.75) is 5.41 Å². The molecule has 0 saturated heterocycles. The predicted octanol–water partition coefficient (Wildman–Crippen LogP) is 16.5. The molecule has 0 bridgehead atoms. The topological polar surface area (TPSA) is 16.4 Å². The summed E-state index contributed by atoms with van der Waals surface area (Å²) in [6, 6.07) is 86.5. The van der Waals surface area contributed by atoms with Gasteiger partial charge in [-0.25, -0.2) is 0 Å². The first-order chi connectivity index (χ1) is 31.3. The van der Waals surface area contributed by atoms with Crippen molar-refractivity contribution in [3.8, 4) is 22.3 Å². The van der Waals surface area contributed by atoms with Crippen LogP contribution in [0.3, 0.4) is 0 Å². The van der Waals surface area contributed by atoms with Crippen LogP contribution < -0.4 is 4.90 Å². The fourth-order valence-electron chi connectivity index (χ4n) is 10.8. The molecule has 0 atom stereocenters. The maximum Gasteiger partial charge on any atom is 0.159 e. The second-order valence-corrected chi connectivity index (χ2v) is 16.7. The van der Waals surface area contributed by atoms with Crippen molar-refractivity contribution < 1.29 is 4.42 Å². The van der Waals surface area contributed by atoms with Crippen molar-refractivity contribution in [1.29, 1.82) is 0 Å². The minimum atomic E-state index is -0.540. The average molecular weight is 802 g/mol. The van der Waals surface area contributed by atoms with Crippen molar-refractivity contribution in [3.63, 3.8) is 0 Å². The Labute approximate surface area is 365 Å². The number of furan rings is 1. The molecule has 2 nitrogen and oxygen atoms in total. The van der Waals surface area contributed by atoms with Gasteiger partial charge in [-0.05, 0) is 102 Å². The molecule has 2 heteroatoms. The zero-order valence-electron chi connectivity index (χ0n) is 34.4. The lowest BCUT2D eigenvalue weighted by Crippen LogP contribution is -2.28. The van der Waals surface area contributed by atoms with Crippen molar-refractivity contribution in [2.24, 2.45) is 0 Å². The zero-order chi connectivity index (χ0) is 41.5. The molecule has 0 radical (unpaired) electrons. The van der Waals surface area contributed by atoms with E-state index in [1.54, 1.807) is 0 Å². The molecule has 0 aliphatic heterocycles. The van der Waals surface area contributed by atoms with E-state index in [4.69, 9.17) is 4.42 Å². The first-order valence-corrected chi connectivity index (χ1v) is 21.8. The van der Waals surface area contributed by atoms with Crippen LogP contribution in [0.5, 0.6) is 0 Å². The molecule has 0 N–H and O–H groups in total. The van der Waals surface area contributed by atoms with E-state index < -0.39 is 5.41 Å². The third-order valence-corrected chi connectivity index (χ3v) is 13.5. The maximum absolute atomic E-state index is 7.13. The number of nitrogens with zero attached hydrogens (tertiary/aromatic N) is 1. The standard InChI is InChI=1S/C61H39NO/c1-3-19-43(20-4-1)61(44-21-5-2-6-22-44)54-29-14-13-27-52(54)58-55(61)30-16-31-56(58)62(57-32-15-28-50-51-38-35-40-17-7-10-24-47(40)59(51)63-60(50)57)45-36-33-41(34-37-45)53-39-42-18-8-9-23-46(42)48-25-11-12-26-49(48)53/h1-39H. The van der Waals surface area contributed by atoms with Crippen LogP contribution in [-0.2, 0) is 5.41 Å². The molecule has 0 unspecified atom stereocenters. The SMILES string of the molecule is c1ccc(C2(c3ccccc3)c3ccccc3-c3c(N(c4ccc(-c5cc6ccccc6c6ccccc56)cc4)c4cccc5c4oc4c6ccccc6ccc54)cccc32)cc1. The number of benzene rings is 11. The summed E-state index contributed by atoms with van der Waals surface area (Å²) in [4.78, 5) is 2.44. The molecule has 0 fully saturated rings. The number of rotatable bonds is 6. The van der Waals surface area contributed by atoms with Crippen molar-refractivity contribution in [1.82, 2.24) is 0 Å². The Bertz CT molecular complexity index is 3690. The van der Waals surface area contributed by atoms with E-state index >= 15 is 0 Å². The van der Waals surface area contributed by atoms with Gasteiger partial charge in [0.2, 0.25) is 0 Å². The summed E-state index contributed by atoms with van der Waals surface area (Å²) < 4.78 is 7.13. The van der Waals surface area contributed by atoms with Gasteiger partial charge < -0.3 is 9.32 Å². The van der Waals surface area contributed by atoms with Crippen molar-refractivity contribution >= 4 is 71.3 Å². The van der Waals surface area contributed by atoms with E-state index in [-0.39, 0.29) is 0 Å². The quantitative estimate of drug-likeness (QED) is 0.156. The average Bonchev–Trinajstić information content (AvgIpc) is 3.90. The molecule has 1 aliphatic carbocycles. The van der Waals surface area contributed by atoms with Crippen LogP contribution >= 0.6 is 0 Å². The number of fused-ring (bicyclic) bond motifs is 11. The monoisotopic (exact) mass is 801 g/mol. The van der Waals surface area contributed by atoms with Crippen LogP contribution in [0.25, 0.3) is 76.5 Å². The van der Waals surface area contributed by atoms with Gasteiger partial charge in [-0.3, -0.25) is 0 Å². The third-order valence-electron chi connectivity index (χ3n) is 13.5. The highest BCUT2D eigenvalue weighted by Gasteiger charge is 2.47. The molecular formula is C61H39NO. The summed E-state index contributed by atoms with van der Waals surface area (Å²) in [7, 11) is 0. The van der Waals surface area contributed by atoms with Crippen LogP contribution in [-0.4, -0.2) is 0 Å². The lowest BCUT2D eigenvalue weighted by Gasteiger charge is -2.34. The van der Waals surface area contributed by atoms with E-state index in [0.717, 1.165) is 49.8 Å². The Morgan fingerprint density at radius 2 is 0.905 bits per heavy atom. The summed E-state index contributed by atoms with van der Waals surface area (Å²) in [5.74, 6) is 0. The number of para-hydroxylation sites is 1. The third kappa shape index (κ3) is 5.19. The van der Waals surface area contributed by atoms with E-state index in [1.807, 2.05) is 0 Å². The van der Waals surface area contributed by atoms with Crippen LogP contribution in [0.2, 0.25) is 0 Å². The van der Waals surface area contributed by atoms with Crippen LogP contribution in [0.1, 0.15) is 22.3 Å². The molecule has 63 heavy (non-hydrogen) atoms. The smallest absolute Gasteiger partial charge is 0.159 e. The predicted molar refractivity (Wildman–Crippen MR) is 264 cm³/mol.